The number of aromatic nitrogens is 3. The molecule has 2 atom stereocenters. The first kappa shape index (κ1) is 23.5. The van der Waals surface area contributed by atoms with E-state index in [4.69, 9.17) is 4.74 Å². The van der Waals surface area contributed by atoms with Crippen molar-refractivity contribution in [2.75, 3.05) is 6.61 Å². The van der Waals surface area contributed by atoms with E-state index >= 15 is 0 Å². The molecule has 166 valence electrons. The fourth-order valence-corrected chi connectivity index (χ4v) is 2.42. The van der Waals surface area contributed by atoms with Gasteiger partial charge in [0.1, 0.15) is 0 Å². The normalized spacial score (nSPS) is 14.4. The Morgan fingerprint density at radius 3 is 2.67 bits per heavy atom. The fraction of sp³-hybridized carbons (Fsp3) is 0.556. The lowest BCUT2D eigenvalue weighted by atomic mass is 10.2. The summed E-state index contributed by atoms with van der Waals surface area (Å²) in [6.07, 6.45) is -4.74. The molecule has 0 aliphatic heterocycles. The third-order valence-corrected chi connectivity index (χ3v) is 3.92. The van der Waals surface area contributed by atoms with Crippen LogP contribution in [-0.4, -0.2) is 50.4 Å². The lowest BCUT2D eigenvalue weighted by Crippen LogP contribution is -2.29. The van der Waals surface area contributed by atoms with Crippen molar-refractivity contribution >= 4 is 18.0 Å². The zero-order valence-corrected chi connectivity index (χ0v) is 16.7. The van der Waals surface area contributed by atoms with Gasteiger partial charge in [-0.15, -0.1) is 0 Å². The standard InChI is InChI=1S/C18H24F3N5O4/c1-17(2,3)30-9-13(22-10-27)12-8-26-14(24-12)6-11(7-23-26)16(29)25-15(28)4-5-18(19,20)21/h6-8,10,13,16,29H,4-5,9H2,1-3H3,(H,22,27)(H,25,28)/t13-,16+/m0/s1. The van der Waals surface area contributed by atoms with Gasteiger partial charge in [0.05, 0.1) is 42.8 Å². The number of carbonyl (C=O) groups is 2. The molecule has 0 radical (unpaired) electrons. The summed E-state index contributed by atoms with van der Waals surface area (Å²) < 4.78 is 43.7. The maximum atomic E-state index is 12.2. The molecule has 0 spiro atoms. The van der Waals surface area contributed by atoms with Gasteiger partial charge in [-0.1, -0.05) is 0 Å². The first-order valence-electron chi connectivity index (χ1n) is 9.11. The Labute approximate surface area is 170 Å². The quantitative estimate of drug-likeness (QED) is 0.412. The second-order valence-electron chi connectivity index (χ2n) is 7.60. The van der Waals surface area contributed by atoms with Crippen LogP contribution < -0.4 is 10.6 Å². The van der Waals surface area contributed by atoms with Gasteiger partial charge in [0.25, 0.3) is 0 Å². The van der Waals surface area contributed by atoms with Gasteiger partial charge in [-0.25, -0.2) is 9.50 Å². The molecule has 0 unspecified atom stereocenters. The number of imidazole rings is 1. The summed E-state index contributed by atoms with van der Waals surface area (Å²) in [4.78, 5) is 26.9. The third-order valence-electron chi connectivity index (χ3n) is 3.92. The van der Waals surface area contributed by atoms with Gasteiger partial charge in [-0.3, -0.25) is 9.59 Å². The number of amides is 2. The van der Waals surface area contributed by atoms with Gasteiger partial charge in [0.2, 0.25) is 12.3 Å². The van der Waals surface area contributed by atoms with Crippen molar-refractivity contribution < 1.29 is 32.6 Å². The van der Waals surface area contributed by atoms with E-state index in [1.807, 2.05) is 20.8 Å². The molecular weight excluding hydrogens is 407 g/mol. The van der Waals surface area contributed by atoms with Crippen molar-refractivity contribution in [3.8, 4) is 0 Å². The van der Waals surface area contributed by atoms with Crippen LogP contribution in [0.4, 0.5) is 13.2 Å². The third kappa shape index (κ3) is 7.26. The smallest absolute Gasteiger partial charge is 0.373 e. The van der Waals surface area contributed by atoms with Crippen molar-refractivity contribution in [2.24, 2.45) is 0 Å². The van der Waals surface area contributed by atoms with E-state index < -0.39 is 42.8 Å². The molecule has 0 saturated heterocycles. The maximum Gasteiger partial charge on any atom is 0.389 e. The van der Waals surface area contributed by atoms with E-state index in [0.29, 0.717) is 17.8 Å². The molecule has 2 aromatic rings. The Kier molecular flexibility index (Phi) is 7.37. The van der Waals surface area contributed by atoms with Gasteiger partial charge in [-0.05, 0) is 26.8 Å². The van der Waals surface area contributed by atoms with Crippen molar-refractivity contribution in [1.29, 1.82) is 0 Å². The lowest BCUT2D eigenvalue weighted by Gasteiger charge is -2.23. The topological polar surface area (TPSA) is 118 Å². The van der Waals surface area contributed by atoms with Gasteiger partial charge >= 0.3 is 6.18 Å². The van der Waals surface area contributed by atoms with Crippen molar-refractivity contribution in [3.05, 3.63) is 29.7 Å². The van der Waals surface area contributed by atoms with E-state index in [0.717, 1.165) is 0 Å². The molecule has 2 aromatic heterocycles. The number of fused-ring (bicyclic) bond motifs is 1. The molecule has 0 aliphatic carbocycles. The number of carbonyl (C=O) groups excluding carboxylic acids is 2. The first-order valence-corrected chi connectivity index (χ1v) is 9.11. The molecule has 30 heavy (non-hydrogen) atoms. The molecule has 2 heterocycles. The highest BCUT2D eigenvalue weighted by atomic mass is 19.4. The molecule has 0 fully saturated rings. The summed E-state index contributed by atoms with van der Waals surface area (Å²) in [6.45, 7) is 5.77. The minimum atomic E-state index is -4.46. The van der Waals surface area contributed by atoms with Gasteiger partial charge in [0, 0.05) is 12.0 Å². The number of halogens is 3. The Hall–Kier alpha value is -2.73. The van der Waals surface area contributed by atoms with Crippen LogP contribution in [0.5, 0.6) is 0 Å². The highest BCUT2D eigenvalue weighted by molar-refractivity contribution is 5.76. The molecule has 2 rings (SSSR count). The van der Waals surface area contributed by atoms with Crippen LogP contribution in [-0.2, 0) is 14.3 Å². The molecular formula is C18H24F3N5O4. The summed E-state index contributed by atoms with van der Waals surface area (Å²) in [5.41, 5.74) is 0.479. The molecule has 0 aromatic carbocycles. The first-order chi connectivity index (χ1) is 13.9. The fourth-order valence-electron chi connectivity index (χ4n) is 2.42. The van der Waals surface area contributed by atoms with E-state index in [9.17, 15) is 27.9 Å². The molecule has 0 aliphatic rings. The number of hydrogen-bond acceptors (Lipinski definition) is 6. The molecule has 0 bridgehead atoms. The summed E-state index contributed by atoms with van der Waals surface area (Å²) in [5, 5.41) is 18.9. The van der Waals surface area contributed by atoms with Crippen molar-refractivity contribution in [3.63, 3.8) is 0 Å². The molecule has 2 amide bonds. The average Bonchev–Trinajstić information content (AvgIpc) is 3.05. The Bertz CT molecular complexity index is 879. The van der Waals surface area contributed by atoms with Gasteiger partial charge < -0.3 is 20.5 Å². The zero-order valence-electron chi connectivity index (χ0n) is 16.7. The van der Waals surface area contributed by atoms with Crippen LogP contribution in [0.2, 0.25) is 0 Å². The summed E-state index contributed by atoms with van der Waals surface area (Å²) in [6, 6.07) is 0.882. The van der Waals surface area contributed by atoms with E-state index in [1.54, 1.807) is 6.20 Å². The van der Waals surface area contributed by atoms with Crippen LogP contribution in [0.1, 0.15) is 57.1 Å². The minimum absolute atomic E-state index is 0.144. The summed E-state index contributed by atoms with van der Waals surface area (Å²) in [5.74, 6) is -0.946. The van der Waals surface area contributed by atoms with Crippen LogP contribution in [0.3, 0.4) is 0 Å². The number of hydrogen-bond donors (Lipinski definition) is 3. The minimum Gasteiger partial charge on any atom is -0.373 e. The van der Waals surface area contributed by atoms with Crippen LogP contribution in [0.15, 0.2) is 18.5 Å². The Morgan fingerprint density at radius 1 is 1.37 bits per heavy atom. The number of alkyl halides is 3. The van der Waals surface area contributed by atoms with Crippen LogP contribution >= 0.6 is 0 Å². The van der Waals surface area contributed by atoms with Crippen molar-refractivity contribution in [1.82, 2.24) is 25.2 Å². The number of rotatable bonds is 9. The number of nitrogens with one attached hydrogen (secondary N) is 2. The number of nitrogens with zero attached hydrogens (tertiary/aromatic N) is 3. The zero-order chi connectivity index (χ0) is 22.5. The summed E-state index contributed by atoms with van der Waals surface area (Å²) >= 11 is 0. The van der Waals surface area contributed by atoms with Crippen LogP contribution in [0.25, 0.3) is 5.65 Å². The maximum absolute atomic E-state index is 12.2. The van der Waals surface area contributed by atoms with E-state index in [2.05, 4.69) is 20.7 Å². The second-order valence-corrected chi connectivity index (χ2v) is 7.60. The number of aliphatic hydroxyl groups excluding tert-OH is 1. The monoisotopic (exact) mass is 431 g/mol. The number of aliphatic hydroxyl groups is 1. The van der Waals surface area contributed by atoms with E-state index in [1.165, 1.54) is 16.8 Å². The molecule has 0 saturated carbocycles. The SMILES string of the molecule is CC(C)(C)OC[C@H](NC=O)c1cn2ncc([C@@H](O)NC(=O)CCC(F)(F)F)cc2n1. The average molecular weight is 431 g/mol. The summed E-state index contributed by atoms with van der Waals surface area (Å²) in [7, 11) is 0. The van der Waals surface area contributed by atoms with Crippen LogP contribution in [0, 0.1) is 0 Å². The second kappa shape index (κ2) is 9.39. The molecule has 3 N–H and O–H groups in total. The molecule has 9 nitrogen and oxygen atoms in total. The largest absolute Gasteiger partial charge is 0.389 e. The van der Waals surface area contributed by atoms with Gasteiger partial charge in [0.15, 0.2) is 11.9 Å². The van der Waals surface area contributed by atoms with Gasteiger partial charge in [-0.2, -0.15) is 18.3 Å². The lowest BCUT2D eigenvalue weighted by molar-refractivity contribution is -0.145. The highest BCUT2D eigenvalue weighted by Gasteiger charge is 2.28. The predicted molar refractivity (Wildman–Crippen MR) is 99.0 cm³/mol. The predicted octanol–water partition coefficient (Wildman–Crippen LogP) is 1.78. The molecule has 12 heteroatoms. The van der Waals surface area contributed by atoms with E-state index in [-0.39, 0.29) is 12.2 Å². The Morgan fingerprint density at radius 2 is 2.07 bits per heavy atom. The highest BCUT2D eigenvalue weighted by Crippen LogP contribution is 2.22. The van der Waals surface area contributed by atoms with Crippen molar-refractivity contribution in [2.45, 2.75) is 57.7 Å². The Balaban J connectivity index is 2.12. The number of ether oxygens (including phenoxy) is 1.